The molecular weight excluding hydrogens is 396 g/mol. The maximum Gasteiger partial charge on any atom is 0.261 e. The maximum absolute atomic E-state index is 12.8. The van der Waals surface area contributed by atoms with Crippen LogP contribution < -0.4 is 4.72 Å². The van der Waals surface area contributed by atoms with E-state index in [-0.39, 0.29) is 10.7 Å². The zero-order valence-electron chi connectivity index (χ0n) is 16.3. The molecule has 1 unspecified atom stereocenters. The Kier molecular flexibility index (Phi) is 5.33. The molecule has 3 aromatic rings. The number of ketones is 1. The van der Waals surface area contributed by atoms with Crippen LogP contribution in [0.2, 0.25) is 0 Å². The number of hydrogen-bond donors (Lipinski definition) is 1. The molecule has 0 saturated heterocycles. The number of anilines is 1. The summed E-state index contributed by atoms with van der Waals surface area (Å²) in [6, 6.07) is 21.1. The highest BCUT2D eigenvalue weighted by Gasteiger charge is 2.22. The van der Waals surface area contributed by atoms with Crippen LogP contribution in [0.15, 0.2) is 88.8 Å². The molecule has 0 aliphatic heterocycles. The molecule has 0 spiro atoms. The van der Waals surface area contributed by atoms with Crippen molar-refractivity contribution in [2.24, 2.45) is 4.99 Å². The van der Waals surface area contributed by atoms with Gasteiger partial charge in [0.1, 0.15) is 0 Å². The van der Waals surface area contributed by atoms with Gasteiger partial charge in [0, 0.05) is 6.21 Å². The second-order valence-electron chi connectivity index (χ2n) is 7.06. The summed E-state index contributed by atoms with van der Waals surface area (Å²) in [5, 5.41) is 0. The van der Waals surface area contributed by atoms with Crippen LogP contribution in [0.3, 0.4) is 0 Å². The van der Waals surface area contributed by atoms with E-state index in [0.29, 0.717) is 11.4 Å². The van der Waals surface area contributed by atoms with Crippen LogP contribution in [-0.4, -0.2) is 20.4 Å². The molecule has 0 heterocycles. The minimum atomic E-state index is -3.76. The van der Waals surface area contributed by atoms with Gasteiger partial charge in [-0.25, -0.2) is 8.42 Å². The van der Waals surface area contributed by atoms with Crippen molar-refractivity contribution in [3.63, 3.8) is 0 Å². The second kappa shape index (κ2) is 8.08. The number of benzene rings is 3. The molecule has 5 nitrogen and oxygen atoms in total. The van der Waals surface area contributed by atoms with Gasteiger partial charge in [-0.3, -0.25) is 14.5 Å². The zero-order valence-corrected chi connectivity index (χ0v) is 17.1. The first-order chi connectivity index (χ1) is 14.4. The minimum Gasteiger partial charge on any atom is -0.294 e. The number of allylic oxidation sites excluding steroid dienone is 1. The minimum absolute atomic E-state index is 0.0600. The molecule has 0 bridgehead atoms. The smallest absolute Gasteiger partial charge is 0.261 e. The molecule has 0 amide bonds. The number of para-hydroxylation sites is 2. The monoisotopic (exact) mass is 416 g/mol. The van der Waals surface area contributed by atoms with Crippen molar-refractivity contribution < 1.29 is 13.2 Å². The third-order valence-electron chi connectivity index (χ3n) is 4.91. The van der Waals surface area contributed by atoms with Crippen molar-refractivity contribution in [3.05, 3.63) is 95.6 Å². The van der Waals surface area contributed by atoms with E-state index in [1.54, 1.807) is 66.9 Å². The number of carbonyl (C=O) groups is 1. The molecule has 0 saturated carbocycles. The Labute approximate surface area is 175 Å². The highest BCUT2D eigenvalue weighted by Crippen LogP contribution is 2.30. The molecule has 1 N–H and O–H groups in total. The SMILES string of the molecule is Cc1ccc(S(=O)(=O)Nc2ccccc2/N=C/C2C(=O)C=Cc3ccccc32)cc1. The Balaban J connectivity index is 1.63. The summed E-state index contributed by atoms with van der Waals surface area (Å²) in [6.45, 7) is 1.90. The number of fused-ring (bicyclic) bond motifs is 1. The Morgan fingerprint density at radius 2 is 1.60 bits per heavy atom. The fourth-order valence-corrected chi connectivity index (χ4v) is 4.35. The number of hydrogen-bond acceptors (Lipinski definition) is 4. The van der Waals surface area contributed by atoms with Crippen molar-refractivity contribution in [2.45, 2.75) is 17.7 Å². The molecule has 1 aliphatic carbocycles. The van der Waals surface area contributed by atoms with Crippen LogP contribution in [0.1, 0.15) is 22.6 Å². The van der Waals surface area contributed by atoms with Gasteiger partial charge >= 0.3 is 0 Å². The molecular formula is C24H20N2O3S. The Hall–Kier alpha value is -3.51. The number of carbonyl (C=O) groups excluding carboxylic acids is 1. The largest absolute Gasteiger partial charge is 0.294 e. The van der Waals surface area contributed by atoms with Gasteiger partial charge in [-0.05, 0) is 48.4 Å². The zero-order chi connectivity index (χ0) is 21.1. The van der Waals surface area contributed by atoms with Crippen LogP contribution in [0, 0.1) is 6.92 Å². The van der Waals surface area contributed by atoms with Crippen molar-refractivity contribution in [1.29, 1.82) is 0 Å². The Morgan fingerprint density at radius 1 is 0.900 bits per heavy atom. The molecule has 0 fully saturated rings. The number of nitrogens with one attached hydrogen (secondary N) is 1. The standard InChI is InChI=1S/C24H20N2O3S/c1-17-10-13-19(14-11-17)30(28,29)26-23-9-5-4-8-22(23)25-16-21-20-7-3-2-6-18(20)12-15-24(21)27/h2-16,21,26H,1H3/b25-16+. The summed E-state index contributed by atoms with van der Waals surface area (Å²) in [4.78, 5) is 17.1. The molecule has 1 aliphatic rings. The normalized spacial score (nSPS) is 15.9. The lowest BCUT2D eigenvalue weighted by Crippen LogP contribution is -2.16. The summed E-state index contributed by atoms with van der Waals surface area (Å²) >= 11 is 0. The third-order valence-corrected chi connectivity index (χ3v) is 6.29. The van der Waals surface area contributed by atoms with Gasteiger partial charge in [0.05, 0.1) is 22.2 Å². The highest BCUT2D eigenvalue weighted by molar-refractivity contribution is 7.92. The quantitative estimate of drug-likeness (QED) is 0.603. The molecule has 4 rings (SSSR count). The lowest BCUT2D eigenvalue weighted by molar-refractivity contribution is -0.114. The number of aryl methyl sites for hydroxylation is 1. The van der Waals surface area contributed by atoms with Crippen molar-refractivity contribution in [3.8, 4) is 0 Å². The molecule has 0 aromatic heterocycles. The fourth-order valence-electron chi connectivity index (χ4n) is 3.28. The second-order valence-corrected chi connectivity index (χ2v) is 8.74. The fraction of sp³-hybridized carbons (Fsp3) is 0.0833. The number of nitrogens with zero attached hydrogens (tertiary/aromatic N) is 1. The van der Waals surface area contributed by atoms with Gasteiger partial charge in [-0.15, -0.1) is 0 Å². The summed E-state index contributed by atoms with van der Waals surface area (Å²) in [6.07, 6.45) is 4.92. The summed E-state index contributed by atoms with van der Waals surface area (Å²) in [5.74, 6) is -0.567. The average molecular weight is 417 g/mol. The molecule has 1 atom stereocenters. The van der Waals surface area contributed by atoms with E-state index in [4.69, 9.17) is 0 Å². The first-order valence-corrected chi connectivity index (χ1v) is 11.0. The molecule has 150 valence electrons. The number of sulfonamides is 1. The lowest BCUT2D eigenvalue weighted by Gasteiger charge is -2.17. The topological polar surface area (TPSA) is 75.6 Å². The van der Waals surface area contributed by atoms with Crippen molar-refractivity contribution in [2.75, 3.05) is 4.72 Å². The molecule has 3 aromatic carbocycles. The summed E-state index contributed by atoms with van der Waals surface area (Å²) < 4.78 is 28.1. The van der Waals surface area contributed by atoms with Gasteiger partial charge in [0.25, 0.3) is 10.0 Å². The third kappa shape index (κ3) is 4.09. The number of aliphatic imine (C=N–C) groups is 1. The van der Waals surface area contributed by atoms with Gasteiger partial charge in [-0.1, -0.05) is 60.2 Å². The van der Waals surface area contributed by atoms with E-state index in [0.717, 1.165) is 16.7 Å². The van der Waals surface area contributed by atoms with Gasteiger partial charge in [0.15, 0.2) is 5.78 Å². The summed E-state index contributed by atoms with van der Waals surface area (Å²) in [5.41, 5.74) is 3.62. The van der Waals surface area contributed by atoms with E-state index in [1.165, 1.54) is 0 Å². The summed E-state index contributed by atoms with van der Waals surface area (Å²) in [7, 11) is -3.76. The van der Waals surface area contributed by atoms with E-state index in [1.807, 2.05) is 31.2 Å². The van der Waals surface area contributed by atoms with E-state index in [2.05, 4.69) is 9.71 Å². The van der Waals surface area contributed by atoms with Gasteiger partial charge in [0.2, 0.25) is 0 Å². The molecule has 0 radical (unpaired) electrons. The van der Waals surface area contributed by atoms with Crippen molar-refractivity contribution >= 4 is 39.5 Å². The van der Waals surface area contributed by atoms with Crippen LogP contribution >= 0.6 is 0 Å². The predicted molar refractivity (Wildman–Crippen MR) is 120 cm³/mol. The van der Waals surface area contributed by atoms with Crippen molar-refractivity contribution in [1.82, 2.24) is 0 Å². The van der Waals surface area contributed by atoms with Gasteiger partial charge < -0.3 is 0 Å². The Bertz CT molecular complexity index is 1260. The van der Waals surface area contributed by atoms with Crippen LogP contribution in [0.4, 0.5) is 11.4 Å². The highest BCUT2D eigenvalue weighted by atomic mass is 32.2. The maximum atomic E-state index is 12.8. The lowest BCUT2D eigenvalue weighted by atomic mass is 9.87. The molecule has 30 heavy (non-hydrogen) atoms. The van der Waals surface area contributed by atoms with Crippen LogP contribution in [0.25, 0.3) is 6.08 Å². The molecule has 6 heteroatoms. The first-order valence-electron chi connectivity index (χ1n) is 9.47. The average Bonchev–Trinajstić information content (AvgIpc) is 2.74. The Morgan fingerprint density at radius 3 is 2.40 bits per heavy atom. The van der Waals surface area contributed by atoms with E-state index in [9.17, 15) is 13.2 Å². The van der Waals surface area contributed by atoms with E-state index >= 15 is 0 Å². The number of rotatable bonds is 5. The van der Waals surface area contributed by atoms with E-state index < -0.39 is 15.9 Å². The van der Waals surface area contributed by atoms with Crippen LogP contribution in [-0.2, 0) is 14.8 Å². The van der Waals surface area contributed by atoms with Crippen LogP contribution in [0.5, 0.6) is 0 Å². The predicted octanol–water partition coefficient (Wildman–Crippen LogP) is 4.88. The first kappa shape index (κ1) is 19.8. The van der Waals surface area contributed by atoms with Gasteiger partial charge in [-0.2, -0.15) is 0 Å².